The Bertz CT molecular complexity index is 350. The van der Waals surface area contributed by atoms with E-state index in [0.29, 0.717) is 11.8 Å². The lowest BCUT2D eigenvalue weighted by molar-refractivity contribution is -0.133. The molecule has 1 N–H and O–H groups in total. The largest absolute Gasteiger partial charge is 0.324 e. The van der Waals surface area contributed by atoms with Crippen molar-refractivity contribution in [2.45, 2.75) is 70.6 Å². The number of likely N-dealkylation sites (N-methyl/N-ethyl adjacent to an activating group) is 1. The molecule has 116 valence electrons. The van der Waals surface area contributed by atoms with Crippen LogP contribution < -0.4 is 5.32 Å². The number of hydrogen-bond donors (Lipinski definition) is 1. The van der Waals surface area contributed by atoms with Crippen LogP contribution in [0, 0.1) is 5.92 Å². The molecule has 0 bridgehead atoms. The number of carbonyl (C=O) groups excluding carboxylic acids is 1. The number of nitrogens with zero attached hydrogens (tertiary/aromatic N) is 2. The number of amides is 1. The summed E-state index contributed by atoms with van der Waals surface area (Å²) >= 11 is 0. The highest BCUT2D eigenvalue weighted by atomic mass is 16.2. The first-order valence-corrected chi connectivity index (χ1v) is 8.13. The molecule has 20 heavy (non-hydrogen) atoms. The smallest absolute Gasteiger partial charge is 0.241 e. The molecule has 0 aromatic heterocycles. The minimum atomic E-state index is 0.0271. The molecular weight excluding hydrogens is 250 g/mol. The van der Waals surface area contributed by atoms with E-state index in [1.165, 1.54) is 19.3 Å². The van der Waals surface area contributed by atoms with Crippen LogP contribution in [0.4, 0.5) is 0 Å². The SMILES string of the molecule is CCC1NC(CC(C)C)C(=O)N1CC1(N(C)C)CCC1. The van der Waals surface area contributed by atoms with Gasteiger partial charge in [0.15, 0.2) is 0 Å². The van der Waals surface area contributed by atoms with Gasteiger partial charge in [-0.25, -0.2) is 0 Å². The maximum atomic E-state index is 12.7. The van der Waals surface area contributed by atoms with E-state index in [9.17, 15) is 4.79 Å². The molecule has 2 fully saturated rings. The molecule has 2 atom stereocenters. The van der Waals surface area contributed by atoms with Crippen molar-refractivity contribution in [1.29, 1.82) is 0 Å². The summed E-state index contributed by atoms with van der Waals surface area (Å²) in [6.45, 7) is 7.43. The van der Waals surface area contributed by atoms with Crippen molar-refractivity contribution in [3.8, 4) is 0 Å². The van der Waals surface area contributed by atoms with Crippen LogP contribution in [0.1, 0.15) is 52.9 Å². The van der Waals surface area contributed by atoms with Crippen LogP contribution in [-0.2, 0) is 4.79 Å². The van der Waals surface area contributed by atoms with E-state index in [2.05, 4.69) is 50.0 Å². The average molecular weight is 281 g/mol. The summed E-state index contributed by atoms with van der Waals surface area (Å²) in [6, 6.07) is 0.0271. The van der Waals surface area contributed by atoms with Crippen LogP contribution in [-0.4, -0.2) is 54.1 Å². The van der Waals surface area contributed by atoms with E-state index < -0.39 is 0 Å². The van der Waals surface area contributed by atoms with E-state index in [1.54, 1.807) is 0 Å². The molecule has 2 aliphatic rings. The fourth-order valence-electron chi connectivity index (χ4n) is 3.56. The molecular formula is C16H31N3O. The fraction of sp³-hybridized carbons (Fsp3) is 0.938. The Kier molecular flexibility index (Phi) is 4.75. The molecule has 1 saturated heterocycles. The summed E-state index contributed by atoms with van der Waals surface area (Å²) in [5.41, 5.74) is 0.220. The summed E-state index contributed by atoms with van der Waals surface area (Å²) in [7, 11) is 4.30. The maximum absolute atomic E-state index is 12.7. The van der Waals surface area contributed by atoms with Gasteiger partial charge in [-0.2, -0.15) is 0 Å². The maximum Gasteiger partial charge on any atom is 0.241 e. The predicted octanol–water partition coefficient (Wildman–Crippen LogP) is 2.05. The normalized spacial score (nSPS) is 29.4. The predicted molar refractivity (Wildman–Crippen MR) is 82.4 cm³/mol. The second-order valence-corrected chi connectivity index (χ2v) is 7.21. The van der Waals surface area contributed by atoms with E-state index in [1.807, 2.05) is 0 Å². The second-order valence-electron chi connectivity index (χ2n) is 7.21. The number of hydrogen-bond acceptors (Lipinski definition) is 3. The molecule has 0 aromatic rings. The lowest BCUT2D eigenvalue weighted by atomic mass is 9.75. The van der Waals surface area contributed by atoms with Crippen LogP contribution in [0.25, 0.3) is 0 Å². The van der Waals surface area contributed by atoms with Gasteiger partial charge < -0.3 is 9.80 Å². The van der Waals surface area contributed by atoms with Crippen molar-refractivity contribution in [1.82, 2.24) is 15.1 Å². The summed E-state index contributed by atoms with van der Waals surface area (Å²) in [4.78, 5) is 17.1. The zero-order chi connectivity index (χ0) is 14.9. The van der Waals surface area contributed by atoms with E-state index in [-0.39, 0.29) is 17.7 Å². The van der Waals surface area contributed by atoms with Gasteiger partial charge in [-0.1, -0.05) is 20.8 Å². The summed E-state index contributed by atoms with van der Waals surface area (Å²) in [5.74, 6) is 0.874. The number of carbonyl (C=O) groups is 1. The second kappa shape index (κ2) is 6.02. The van der Waals surface area contributed by atoms with Crippen LogP contribution in [0.3, 0.4) is 0 Å². The Balaban J connectivity index is 2.07. The molecule has 2 rings (SSSR count). The summed E-state index contributed by atoms with van der Waals surface area (Å²) < 4.78 is 0. The molecule has 0 aromatic carbocycles. The monoisotopic (exact) mass is 281 g/mol. The van der Waals surface area contributed by atoms with Gasteiger partial charge in [-0.3, -0.25) is 10.1 Å². The molecule has 4 nitrogen and oxygen atoms in total. The van der Waals surface area contributed by atoms with Crippen molar-refractivity contribution in [3.63, 3.8) is 0 Å². The highest BCUT2D eigenvalue weighted by molar-refractivity contribution is 5.84. The van der Waals surface area contributed by atoms with E-state index in [0.717, 1.165) is 19.4 Å². The highest BCUT2D eigenvalue weighted by Crippen LogP contribution is 2.38. The zero-order valence-electron chi connectivity index (χ0n) is 13.8. The minimum Gasteiger partial charge on any atom is -0.324 e. The van der Waals surface area contributed by atoms with Gasteiger partial charge >= 0.3 is 0 Å². The fourth-order valence-corrected chi connectivity index (χ4v) is 3.56. The van der Waals surface area contributed by atoms with Gasteiger partial charge in [0.05, 0.1) is 12.2 Å². The van der Waals surface area contributed by atoms with Crippen molar-refractivity contribution in [2.75, 3.05) is 20.6 Å². The Morgan fingerprint density at radius 3 is 2.45 bits per heavy atom. The van der Waals surface area contributed by atoms with Gasteiger partial charge in [0.1, 0.15) is 0 Å². The Morgan fingerprint density at radius 2 is 2.05 bits per heavy atom. The van der Waals surface area contributed by atoms with Gasteiger partial charge in [0, 0.05) is 12.1 Å². The Hall–Kier alpha value is -0.610. The van der Waals surface area contributed by atoms with Gasteiger partial charge in [0.2, 0.25) is 5.91 Å². The molecule has 1 aliphatic carbocycles. The topological polar surface area (TPSA) is 35.6 Å². The average Bonchev–Trinajstić information content (AvgIpc) is 2.60. The third-order valence-electron chi connectivity index (χ3n) is 5.14. The molecule has 4 heteroatoms. The standard InChI is InChI=1S/C16H31N3O/c1-6-14-17-13(10-12(2)3)15(20)19(14)11-16(18(4)5)8-7-9-16/h12-14,17H,6-11H2,1-5H3. The van der Waals surface area contributed by atoms with Crippen molar-refractivity contribution >= 4 is 5.91 Å². The first kappa shape index (κ1) is 15.8. The molecule has 1 heterocycles. The zero-order valence-corrected chi connectivity index (χ0v) is 13.8. The van der Waals surface area contributed by atoms with Crippen molar-refractivity contribution in [2.24, 2.45) is 5.92 Å². The van der Waals surface area contributed by atoms with Crippen molar-refractivity contribution < 1.29 is 4.79 Å². The summed E-state index contributed by atoms with van der Waals surface area (Å²) in [6.07, 6.45) is 5.89. The van der Waals surface area contributed by atoms with E-state index in [4.69, 9.17) is 0 Å². The third kappa shape index (κ3) is 2.86. The molecule has 0 radical (unpaired) electrons. The van der Waals surface area contributed by atoms with E-state index >= 15 is 0 Å². The molecule has 1 amide bonds. The minimum absolute atomic E-state index is 0.0271. The molecule has 2 unspecified atom stereocenters. The van der Waals surface area contributed by atoms with Crippen LogP contribution in [0.5, 0.6) is 0 Å². The highest BCUT2D eigenvalue weighted by Gasteiger charge is 2.46. The molecule has 1 aliphatic heterocycles. The Labute approximate surface area is 123 Å². The quantitative estimate of drug-likeness (QED) is 0.809. The van der Waals surface area contributed by atoms with Crippen molar-refractivity contribution in [3.05, 3.63) is 0 Å². The lowest BCUT2D eigenvalue weighted by Crippen LogP contribution is -2.59. The molecule has 1 saturated carbocycles. The van der Waals surface area contributed by atoms with Crippen LogP contribution >= 0.6 is 0 Å². The Morgan fingerprint density at radius 1 is 1.40 bits per heavy atom. The lowest BCUT2D eigenvalue weighted by Gasteiger charge is -2.49. The van der Waals surface area contributed by atoms with Gasteiger partial charge in [0.25, 0.3) is 0 Å². The third-order valence-corrected chi connectivity index (χ3v) is 5.14. The van der Waals surface area contributed by atoms with Gasteiger partial charge in [-0.15, -0.1) is 0 Å². The first-order valence-electron chi connectivity index (χ1n) is 8.13. The number of rotatable bonds is 6. The van der Waals surface area contributed by atoms with Gasteiger partial charge in [-0.05, 0) is 52.1 Å². The summed E-state index contributed by atoms with van der Waals surface area (Å²) in [5, 5.41) is 3.54. The first-order chi connectivity index (χ1) is 9.39. The van der Waals surface area contributed by atoms with Crippen LogP contribution in [0.2, 0.25) is 0 Å². The number of nitrogens with one attached hydrogen (secondary N) is 1. The van der Waals surface area contributed by atoms with Crippen LogP contribution in [0.15, 0.2) is 0 Å². The molecule has 0 spiro atoms.